The van der Waals surface area contributed by atoms with Gasteiger partial charge < -0.3 is 4.90 Å². The fourth-order valence-electron chi connectivity index (χ4n) is 2.87. The molecule has 17 heavy (non-hydrogen) atoms. The third kappa shape index (κ3) is 3.61. The summed E-state index contributed by atoms with van der Waals surface area (Å²) >= 11 is 5.80. The van der Waals surface area contributed by atoms with Gasteiger partial charge in [0.15, 0.2) is 0 Å². The molecule has 0 spiro atoms. The van der Waals surface area contributed by atoms with Gasteiger partial charge in [-0.05, 0) is 32.1 Å². The predicted octanol–water partition coefficient (Wildman–Crippen LogP) is 3.68. The molecule has 0 aliphatic heterocycles. The van der Waals surface area contributed by atoms with Gasteiger partial charge in [0.1, 0.15) is 0 Å². The lowest BCUT2D eigenvalue weighted by Gasteiger charge is -2.41. The summed E-state index contributed by atoms with van der Waals surface area (Å²) in [6.45, 7) is 9.27. The van der Waals surface area contributed by atoms with Crippen LogP contribution in [-0.2, 0) is 4.79 Å². The summed E-state index contributed by atoms with van der Waals surface area (Å²) in [4.78, 5) is 14.6. The van der Waals surface area contributed by atoms with Crippen molar-refractivity contribution in [2.24, 2.45) is 11.3 Å². The number of amides is 1. The van der Waals surface area contributed by atoms with Gasteiger partial charge in [-0.1, -0.05) is 26.7 Å². The first-order chi connectivity index (χ1) is 7.90. The number of carbonyl (C=O) groups is 1. The molecule has 1 aliphatic rings. The van der Waals surface area contributed by atoms with Gasteiger partial charge in [-0.15, -0.1) is 11.6 Å². The highest BCUT2D eigenvalue weighted by atomic mass is 35.5. The lowest BCUT2D eigenvalue weighted by Crippen LogP contribution is -2.47. The number of hydrogen-bond acceptors (Lipinski definition) is 1. The molecule has 1 fully saturated rings. The average molecular weight is 260 g/mol. The Kier molecular flexibility index (Phi) is 5.30. The van der Waals surface area contributed by atoms with Crippen LogP contribution < -0.4 is 0 Å². The fraction of sp³-hybridized carbons (Fsp3) is 0.929. The van der Waals surface area contributed by atoms with Crippen LogP contribution in [0.1, 0.15) is 53.4 Å². The second-order valence-corrected chi connectivity index (χ2v) is 6.48. The molecule has 100 valence electrons. The monoisotopic (exact) mass is 259 g/mol. The van der Waals surface area contributed by atoms with E-state index in [0.29, 0.717) is 18.3 Å². The van der Waals surface area contributed by atoms with Crippen molar-refractivity contribution in [1.29, 1.82) is 0 Å². The molecule has 0 aromatic carbocycles. The molecule has 0 N–H and O–H groups in total. The van der Waals surface area contributed by atoms with E-state index in [1.54, 1.807) is 0 Å². The van der Waals surface area contributed by atoms with Crippen molar-refractivity contribution in [2.45, 2.75) is 59.4 Å². The highest BCUT2D eigenvalue weighted by Gasteiger charge is 2.39. The summed E-state index contributed by atoms with van der Waals surface area (Å²) in [5.41, 5.74) is 0.148. The Morgan fingerprint density at radius 3 is 2.53 bits per heavy atom. The largest absolute Gasteiger partial charge is 0.339 e. The molecule has 1 aliphatic carbocycles. The number of hydrogen-bond donors (Lipinski definition) is 0. The number of rotatable bonds is 4. The number of alkyl halides is 1. The van der Waals surface area contributed by atoms with Crippen molar-refractivity contribution in [1.82, 2.24) is 4.90 Å². The molecule has 1 unspecified atom stereocenters. The Morgan fingerprint density at radius 2 is 2.06 bits per heavy atom. The topological polar surface area (TPSA) is 20.3 Å². The lowest BCUT2D eigenvalue weighted by atomic mass is 9.68. The zero-order valence-electron chi connectivity index (χ0n) is 11.6. The smallest absolute Gasteiger partial charge is 0.226 e. The van der Waals surface area contributed by atoms with E-state index in [9.17, 15) is 4.79 Å². The molecule has 0 aromatic heterocycles. The second-order valence-electron chi connectivity index (χ2n) is 6.10. The Labute approximate surface area is 111 Å². The minimum atomic E-state index is 0.148. The van der Waals surface area contributed by atoms with Crippen LogP contribution in [0.15, 0.2) is 0 Å². The van der Waals surface area contributed by atoms with Gasteiger partial charge in [0.05, 0.1) is 0 Å². The zero-order chi connectivity index (χ0) is 13.1. The molecule has 1 saturated carbocycles. The zero-order valence-corrected chi connectivity index (χ0v) is 12.4. The summed E-state index contributed by atoms with van der Waals surface area (Å²) in [6.07, 6.45) is 4.65. The molecule has 1 amide bonds. The third-order valence-corrected chi connectivity index (χ3v) is 4.21. The number of halogens is 1. The normalized spacial score (nSPS) is 23.8. The Balaban J connectivity index is 2.78. The van der Waals surface area contributed by atoms with Crippen LogP contribution in [0.25, 0.3) is 0 Å². The molecule has 0 aromatic rings. The van der Waals surface area contributed by atoms with Gasteiger partial charge in [0, 0.05) is 24.4 Å². The highest BCUT2D eigenvalue weighted by molar-refractivity contribution is 6.18. The van der Waals surface area contributed by atoms with Crippen LogP contribution >= 0.6 is 11.6 Å². The first-order valence-corrected chi connectivity index (χ1v) is 7.30. The Morgan fingerprint density at radius 1 is 1.41 bits per heavy atom. The van der Waals surface area contributed by atoms with Crippen LogP contribution in [0.2, 0.25) is 0 Å². The summed E-state index contributed by atoms with van der Waals surface area (Å²) in [6, 6.07) is 0.249. The van der Waals surface area contributed by atoms with Gasteiger partial charge in [-0.25, -0.2) is 0 Å². The van der Waals surface area contributed by atoms with E-state index < -0.39 is 0 Å². The summed E-state index contributed by atoms with van der Waals surface area (Å²) in [5.74, 6) is 1.02. The quantitative estimate of drug-likeness (QED) is 0.706. The summed E-state index contributed by atoms with van der Waals surface area (Å²) in [5, 5.41) is 0. The number of carbonyl (C=O) groups excluding carboxylic acids is 1. The minimum absolute atomic E-state index is 0.148. The molecular formula is C14H26ClNO. The Bertz CT molecular complexity index is 263. The van der Waals surface area contributed by atoms with Crippen molar-refractivity contribution in [2.75, 3.05) is 12.4 Å². The molecule has 1 atom stereocenters. The van der Waals surface area contributed by atoms with Crippen molar-refractivity contribution in [3.63, 3.8) is 0 Å². The molecule has 2 nitrogen and oxygen atoms in total. The van der Waals surface area contributed by atoms with Gasteiger partial charge in [-0.3, -0.25) is 4.79 Å². The van der Waals surface area contributed by atoms with Crippen LogP contribution in [0.5, 0.6) is 0 Å². The van der Waals surface area contributed by atoms with Crippen LogP contribution in [0.3, 0.4) is 0 Å². The third-order valence-electron chi connectivity index (χ3n) is 4.04. The first kappa shape index (κ1) is 14.8. The van der Waals surface area contributed by atoms with Crippen molar-refractivity contribution in [3.8, 4) is 0 Å². The minimum Gasteiger partial charge on any atom is -0.339 e. The maximum absolute atomic E-state index is 12.6. The van der Waals surface area contributed by atoms with Crippen molar-refractivity contribution in [3.05, 3.63) is 0 Å². The van der Waals surface area contributed by atoms with Gasteiger partial charge in [-0.2, -0.15) is 0 Å². The van der Waals surface area contributed by atoms with Gasteiger partial charge in [0.25, 0.3) is 0 Å². The fourth-order valence-corrected chi connectivity index (χ4v) is 3.05. The van der Waals surface area contributed by atoms with E-state index in [1.165, 1.54) is 12.8 Å². The van der Waals surface area contributed by atoms with E-state index in [1.807, 2.05) is 4.90 Å². The highest BCUT2D eigenvalue weighted by Crippen LogP contribution is 2.41. The van der Waals surface area contributed by atoms with E-state index in [-0.39, 0.29) is 17.4 Å². The average Bonchev–Trinajstić information content (AvgIpc) is 2.24. The van der Waals surface area contributed by atoms with Crippen LogP contribution in [-0.4, -0.2) is 29.3 Å². The molecule has 0 saturated heterocycles. The second kappa shape index (κ2) is 6.08. The van der Waals surface area contributed by atoms with Gasteiger partial charge in [0.2, 0.25) is 5.91 Å². The SMILES string of the molecule is CC(C)N(CCCl)C(=O)C1CCCCC1(C)C. The number of nitrogens with zero attached hydrogens (tertiary/aromatic N) is 1. The van der Waals surface area contributed by atoms with E-state index in [2.05, 4.69) is 27.7 Å². The molecule has 0 heterocycles. The van der Waals surface area contributed by atoms with Crippen molar-refractivity contribution >= 4 is 17.5 Å². The molecule has 1 rings (SSSR count). The summed E-state index contributed by atoms with van der Waals surface area (Å²) in [7, 11) is 0. The molecule has 0 radical (unpaired) electrons. The predicted molar refractivity (Wildman–Crippen MR) is 73.3 cm³/mol. The maximum atomic E-state index is 12.6. The van der Waals surface area contributed by atoms with E-state index in [0.717, 1.165) is 12.8 Å². The maximum Gasteiger partial charge on any atom is 0.226 e. The molecular weight excluding hydrogens is 234 g/mol. The van der Waals surface area contributed by atoms with Crippen molar-refractivity contribution < 1.29 is 4.79 Å². The standard InChI is InChI=1S/C14H26ClNO/c1-11(2)16(10-9-15)13(17)12-7-5-6-8-14(12,3)4/h11-12H,5-10H2,1-4H3. The van der Waals surface area contributed by atoms with Gasteiger partial charge >= 0.3 is 0 Å². The lowest BCUT2D eigenvalue weighted by molar-refractivity contribution is -0.142. The van der Waals surface area contributed by atoms with Crippen LogP contribution in [0, 0.1) is 11.3 Å². The molecule has 0 bridgehead atoms. The van der Waals surface area contributed by atoms with E-state index >= 15 is 0 Å². The summed E-state index contributed by atoms with van der Waals surface area (Å²) < 4.78 is 0. The van der Waals surface area contributed by atoms with Crippen LogP contribution in [0.4, 0.5) is 0 Å². The molecule has 3 heteroatoms. The first-order valence-electron chi connectivity index (χ1n) is 6.76. The Hall–Kier alpha value is -0.240. The van der Waals surface area contributed by atoms with E-state index in [4.69, 9.17) is 11.6 Å².